The highest BCUT2D eigenvalue weighted by atomic mass is 16.5. The van der Waals surface area contributed by atoms with Gasteiger partial charge in [-0.05, 0) is 38.2 Å². The van der Waals surface area contributed by atoms with Gasteiger partial charge in [-0.1, -0.05) is 30.3 Å². The second-order valence-corrected chi connectivity index (χ2v) is 5.07. The summed E-state index contributed by atoms with van der Waals surface area (Å²) in [4.78, 5) is 0. The topological polar surface area (TPSA) is 38.7 Å². The number of aliphatic hydroxyl groups is 1. The highest BCUT2D eigenvalue weighted by Crippen LogP contribution is 2.26. The minimum absolute atomic E-state index is 0.229. The molecule has 1 fully saturated rings. The van der Waals surface area contributed by atoms with Crippen molar-refractivity contribution in [2.45, 2.75) is 50.9 Å². The fraction of sp³-hybridized carbons (Fsp3) is 0.625. The molecule has 1 aromatic carbocycles. The predicted octanol–water partition coefficient (Wildman–Crippen LogP) is 3.08. The summed E-state index contributed by atoms with van der Waals surface area (Å²) in [6.45, 7) is 3.44. The van der Waals surface area contributed by atoms with Crippen molar-refractivity contribution >= 4 is 0 Å². The van der Waals surface area contributed by atoms with E-state index in [2.05, 4.69) is 0 Å². The average molecular weight is 264 g/mol. The van der Waals surface area contributed by atoms with Gasteiger partial charge in [0.1, 0.15) is 6.10 Å². The van der Waals surface area contributed by atoms with E-state index in [9.17, 15) is 5.11 Å². The largest absolute Gasteiger partial charge is 0.390 e. The molecule has 0 aromatic heterocycles. The van der Waals surface area contributed by atoms with E-state index in [1.165, 1.54) is 0 Å². The summed E-state index contributed by atoms with van der Waals surface area (Å²) >= 11 is 0. The zero-order valence-corrected chi connectivity index (χ0v) is 11.6. The van der Waals surface area contributed by atoms with Crippen LogP contribution in [-0.4, -0.2) is 30.5 Å². The molecule has 3 heteroatoms. The minimum atomic E-state index is -0.466. The summed E-state index contributed by atoms with van der Waals surface area (Å²) in [6, 6.07) is 9.96. The van der Waals surface area contributed by atoms with Gasteiger partial charge < -0.3 is 14.6 Å². The van der Waals surface area contributed by atoms with Gasteiger partial charge in [-0.2, -0.15) is 0 Å². The molecule has 3 unspecified atom stereocenters. The van der Waals surface area contributed by atoms with Crippen molar-refractivity contribution < 1.29 is 14.6 Å². The van der Waals surface area contributed by atoms with Crippen molar-refractivity contribution in [2.75, 3.05) is 13.2 Å². The lowest BCUT2D eigenvalue weighted by atomic mass is 9.98. The monoisotopic (exact) mass is 264 g/mol. The Morgan fingerprint density at radius 2 is 2.16 bits per heavy atom. The van der Waals surface area contributed by atoms with E-state index in [0.717, 1.165) is 37.9 Å². The van der Waals surface area contributed by atoms with Crippen LogP contribution in [0.1, 0.15) is 44.3 Å². The molecule has 0 radical (unpaired) electrons. The molecule has 1 N–H and O–H groups in total. The van der Waals surface area contributed by atoms with Crippen LogP contribution in [0.25, 0.3) is 0 Å². The first-order valence-corrected chi connectivity index (χ1v) is 7.27. The number of rotatable bonds is 7. The van der Waals surface area contributed by atoms with Gasteiger partial charge in [-0.15, -0.1) is 0 Å². The third-order valence-corrected chi connectivity index (χ3v) is 3.63. The van der Waals surface area contributed by atoms with Gasteiger partial charge in [0.05, 0.1) is 12.2 Å². The lowest BCUT2D eigenvalue weighted by molar-refractivity contribution is -0.0433. The Hall–Kier alpha value is -0.900. The van der Waals surface area contributed by atoms with E-state index in [4.69, 9.17) is 9.47 Å². The second kappa shape index (κ2) is 7.63. The van der Waals surface area contributed by atoms with Gasteiger partial charge in [0.25, 0.3) is 0 Å². The van der Waals surface area contributed by atoms with E-state index < -0.39 is 6.10 Å². The van der Waals surface area contributed by atoms with Crippen molar-refractivity contribution in [3.63, 3.8) is 0 Å². The van der Waals surface area contributed by atoms with E-state index in [0.29, 0.717) is 12.7 Å². The molecule has 1 heterocycles. The summed E-state index contributed by atoms with van der Waals surface area (Å²) in [5, 5.41) is 10.4. The molecule has 1 saturated heterocycles. The smallest absolute Gasteiger partial charge is 0.108 e. The van der Waals surface area contributed by atoms with Crippen LogP contribution in [0.5, 0.6) is 0 Å². The fourth-order valence-corrected chi connectivity index (χ4v) is 2.63. The van der Waals surface area contributed by atoms with Gasteiger partial charge in [-0.3, -0.25) is 0 Å². The number of hydrogen-bond donors (Lipinski definition) is 1. The molecule has 106 valence electrons. The Bertz CT molecular complexity index is 346. The number of aliphatic hydroxyl groups excluding tert-OH is 1. The second-order valence-electron chi connectivity index (χ2n) is 5.07. The van der Waals surface area contributed by atoms with Gasteiger partial charge in [0.2, 0.25) is 0 Å². The van der Waals surface area contributed by atoms with Crippen LogP contribution in [0, 0.1) is 0 Å². The molecule has 0 bridgehead atoms. The number of ether oxygens (including phenoxy) is 2. The molecule has 1 aliphatic rings. The van der Waals surface area contributed by atoms with E-state index in [1.807, 2.05) is 37.3 Å². The molecule has 1 aliphatic heterocycles. The SMILES string of the molecule is CCOC(c1ccccc1)C(O)CCC1CCCO1. The van der Waals surface area contributed by atoms with Crippen LogP contribution < -0.4 is 0 Å². The molecular weight excluding hydrogens is 240 g/mol. The summed E-state index contributed by atoms with van der Waals surface area (Å²) < 4.78 is 11.3. The Labute approximate surface area is 115 Å². The molecule has 0 aliphatic carbocycles. The zero-order chi connectivity index (χ0) is 13.5. The molecule has 19 heavy (non-hydrogen) atoms. The normalized spacial score (nSPS) is 22.3. The molecular formula is C16H24O3. The summed E-state index contributed by atoms with van der Waals surface area (Å²) in [7, 11) is 0. The number of hydrogen-bond acceptors (Lipinski definition) is 3. The lowest BCUT2D eigenvalue weighted by Crippen LogP contribution is -2.23. The van der Waals surface area contributed by atoms with Crippen LogP contribution >= 0.6 is 0 Å². The van der Waals surface area contributed by atoms with Crippen molar-refractivity contribution in [1.29, 1.82) is 0 Å². The Kier molecular flexibility index (Phi) is 5.83. The predicted molar refractivity (Wildman–Crippen MR) is 75.0 cm³/mol. The maximum Gasteiger partial charge on any atom is 0.108 e. The molecule has 0 spiro atoms. The maximum atomic E-state index is 10.4. The third kappa shape index (κ3) is 4.30. The molecule has 3 nitrogen and oxygen atoms in total. The Morgan fingerprint density at radius 1 is 1.37 bits per heavy atom. The van der Waals surface area contributed by atoms with Gasteiger partial charge >= 0.3 is 0 Å². The molecule has 1 aromatic rings. The zero-order valence-electron chi connectivity index (χ0n) is 11.6. The van der Waals surface area contributed by atoms with E-state index in [-0.39, 0.29) is 6.10 Å². The van der Waals surface area contributed by atoms with Crippen LogP contribution in [0.15, 0.2) is 30.3 Å². The van der Waals surface area contributed by atoms with E-state index in [1.54, 1.807) is 0 Å². The quantitative estimate of drug-likeness (QED) is 0.822. The van der Waals surface area contributed by atoms with Crippen molar-refractivity contribution in [2.24, 2.45) is 0 Å². The van der Waals surface area contributed by atoms with Crippen LogP contribution in [0.4, 0.5) is 0 Å². The highest BCUT2D eigenvalue weighted by molar-refractivity contribution is 5.18. The maximum absolute atomic E-state index is 10.4. The standard InChI is InChI=1S/C16H24O3/c1-2-18-16(13-7-4-3-5-8-13)15(17)11-10-14-9-6-12-19-14/h3-5,7-8,14-17H,2,6,9-12H2,1H3. The summed E-state index contributed by atoms with van der Waals surface area (Å²) in [5.41, 5.74) is 1.05. The molecule has 2 rings (SSSR count). The summed E-state index contributed by atoms with van der Waals surface area (Å²) in [5.74, 6) is 0. The lowest BCUT2D eigenvalue weighted by Gasteiger charge is -2.24. The first kappa shape index (κ1) is 14.5. The van der Waals surface area contributed by atoms with Crippen molar-refractivity contribution in [1.82, 2.24) is 0 Å². The fourth-order valence-electron chi connectivity index (χ4n) is 2.63. The Balaban J connectivity index is 1.90. The van der Waals surface area contributed by atoms with Crippen LogP contribution in [-0.2, 0) is 9.47 Å². The third-order valence-electron chi connectivity index (χ3n) is 3.63. The van der Waals surface area contributed by atoms with Crippen molar-refractivity contribution in [3.05, 3.63) is 35.9 Å². The summed E-state index contributed by atoms with van der Waals surface area (Å²) in [6.07, 6.45) is 3.54. The van der Waals surface area contributed by atoms with Crippen molar-refractivity contribution in [3.8, 4) is 0 Å². The molecule has 0 saturated carbocycles. The van der Waals surface area contributed by atoms with Gasteiger partial charge in [-0.25, -0.2) is 0 Å². The highest BCUT2D eigenvalue weighted by Gasteiger charge is 2.24. The molecule has 0 amide bonds. The van der Waals surface area contributed by atoms with E-state index >= 15 is 0 Å². The van der Waals surface area contributed by atoms with Crippen LogP contribution in [0.3, 0.4) is 0 Å². The number of benzene rings is 1. The first-order chi connectivity index (χ1) is 9.31. The van der Waals surface area contributed by atoms with Gasteiger partial charge in [0, 0.05) is 13.2 Å². The Morgan fingerprint density at radius 3 is 2.79 bits per heavy atom. The minimum Gasteiger partial charge on any atom is -0.390 e. The first-order valence-electron chi connectivity index (χ1n) is 7.27. The van der Waals surface area contributed by atoms with Crippen LogP contribution in [0.2, 0.25) is 0 Å². The van der Waals surface area contributed by atoms with Gasteiger partial charge in [0.15, 0.2) is 0 Å². The molecule has 3 atom stereocenters. The average Bonchev–Trinajstić information content (AvgIpc) is 2.96.